The molecule has 0 bridgehead atoms. The topological polar surface area (TPSA) is 62.3 Å². The monoisotopic (exact) mass is 281 g/mol. The van der Waals surface area contributed by atoms with Crippen LogP contribution in [0.5, 0.6) is 0 Å². The Labute approximate surface area is 116 Å². The molecule has 1 saturated heterocycles. The lowest BCUT2D eigenvalue weighted by Gasteiger charge is -2.33. The SMILES string of the molecule is C[C@@H]1CCCCN1C(=O)c1ccnc(NS(C)=O)c1. The molecule has 0 saturated carbocycles. The van der Waals surface area contributed by atoms with E-state index in [1.54, 1.807) is 18.3 Å². The molecule has 0 aromatic carbocycles. The van der Waals surface area contributed by atoms with Gasteiger partial charge in [0.2, 0.25) is 0 Å². The highest BCUT2D eigenvalue weighted by Crippen LogP contribution is 2.20. The van der Waals surface area contributed by atoms with Crippen molar-refractivity contribution in [3.05, 3.63) is 23.9 Å². The molecule has 0 radical (unpaired) electrons. The number of nitrogens with one attached hydrogen (secondary N) is 1. The summed E-state index contributed by atoms with van der Waals surface area (Å²) in [6, 6.07) is 3.64. The van der Waals surface area contributed by atoms with Crippen molar-refractivity contribution in [3.63, 3.8) is 0 Å². The zero-order valence-electron chi connectivity index (χ0n) is 11.3. The molecule has 2 atom stereocenters. The normalized spacial score (nSPS) is 20.9. The molecule has 1 aromatic heterocycles. The average molecular weight is 281 g/mol. The molecule has 1 unspecified atom stereocenters. The van der Waals surface area contributed by atoms with Crippen molar-refractivity contribution in [1.82, 2.24) is 9.88 Å². The van der Waals surface area contributed by atoms with Gasteiger partial charge in [0, 0.05) is 30.6 Å². The second kappa shape index (κ2) is 6.14. The molecule has 104 valence electrons. The fraction of sp³-hybridized carbons (Fsp3) is 0.538. The van der Waals surface area contributed by atoms with Gasteiger partial charge in [-0.2, -0.15) is 0 Å². The van der Waals surface area contributed by atoms with Gasteiger partial charge in [0.15, 0.2) is 0 Å². The standard InChI is InChI=1S/C13H19N3O2S/c1-10-5-3-4-8-16(10)13(17)11-6-7-14-12(9-11)15-19(2)18/h6-7,9-10H,3-5,8H2,1-2H3,(H,14,15)/t10-,19?/m1/s1. The van der Waals surface area contributed by atoms with Crippen LogP contribution in [-0.2, 0) is 11.0 Å². The molecule has 1 fully saturated rings. The van der Waals surface area contributed by atoms with Crippen LogP contribution in [-0.4, -0.2) is 38.8 Å². The number of nitrogens with zero attached hydrogens (tertiary/aromatic N) is 2. The summed E-state index contributed by atoms with van der Waals surface area (Å²) in [6.45, 7) is 2.89. The fourth-order valence-electron chi connectivity index (χ4n) is 2.33. The molecule has 5 nitrogen and oxygen atoms in total. The van der Waals surface area contributed by atoms with Gasteiger partial charge in [-0.3, -0.25) is 9.52 Å². The number of piperidine rings is 1. The summed E-state index contributed by atoms with van der Waals surface area (Å²) in [5, 5.41) is 0. The Morgan fingerprint density at radius 1 is 1.53 bits per heavy atom. The first-order valence-corrected chi connectivity index (χ1v) is 8.01. The van der Waals surface area contributed by atoms with E-state index in [0.29, 0.717) is 11.4 Å². The second-order valence-electron chi connectivity index (χ2n) is 4.83. The lowest BCUT2D eigenvalue weighted by atomic mass is 10.0. The third kappa shape index (κ3) is 3.53. The molecule has 1 aliphatic heterocycles. The highest BCUT2D eigenvalue weighted by atomic mass is 32.2. The lowest BCUT2D eigenvalue weighted by molar-refractivity contribution is 0.0635. The number of carbonyl (C=O) groups excluding carboxylic acids is 1. The number of pyridine rings is 1. The molecule has 0 aliphatic carbocycles. The Morgan fingerprint density at radius 3 is 3.00 bits per heavy atom. The van der Waals surface area contributed by atoms with Crippen molar-refractivity contribution in [1.29, 1.82) is 0 Å². The van der Waals surface area contributed by atoms with Gasteiger partial charge in [0.25, 0.3) is 5.91 Å². The molecule has 1 aliphatic rings. The molecule has 1 amide bonds. The van der Waals surface area contributed by atoms with E-state index in [1.165, 1.54) is 12.7 Å². The minimum atomic E-state index is -1.19. The van der Waals surface area contributed by atoms with Crippen molar-refractivity contribution in [3.8, 4) is 0 Å². The molecule has 1 aromatic rings. The number of hydrogen-bond acceptors (Lipinski definition) is 3. The third-order valence-electron chi connectivity index (χ3n) is 3.32. The zero-order valence-corrected chi connectivity index (χ0v) is 12.1. The van der Waals surface area contributed by atoms with E-state index in [4.69, 9.17) is 0 Å². The first kappa shape index (κ1) is 14.0. The molecule has 2 rings (SSSR count). The van der Waals surface area contributed by atoms with Crippen LogP contribution in [0.25, 0.3) is 0 Å². The number of amides is 1. The van der Waals surface area contributed by atoms with Crippen LogP contribution in [0.2, 0.25) is 0 Å². The van der Waals surface area contributed by atoms with Gasteiger partial charge < -0.3 is 4.90 Å². The highest BCUT2D eigenvalue weighted by Gasteiger charge is 2.24. The predicted molar refractivity (Wildman–Crippen MR) is 76.3 cm³/mol. The maximum absolute atomic E-state index is 12.4. The van der Waals surface area contributed by atoms with Gasteiger partial charge in [-0.15, -0.1) is 0 Å². The largest absolute Gasteiger partial charge is 0.336 e. The van der Waals surface area contributed by atoms with Gasteiger partial charge >= 0.3 is 0 Å². The van der Waals surface area contributed by atoms with Gasteiger partial charge in [-0.25, -0.2) is 9.19 Å². The third-order valence-corrected chi connectivity index (χ3v) is 3.82. The van der Waals surface area contributed by atoms with E-state index >= 15 is 0 Å². The minimum Gasteiger partial charge on any atom is -0.336 e. The zero-order chi connectivity index (χ0) is 13.8. The predicted octanol–water partition coefficient (Wildman–Crippen LogP) is 1.80. The van der Waals surface area contributed by atoms with Crippen molar-refractivity contribution in [2.75, 3.05) is 17.5 Å². The summed E-state index contributed by atoms with van der Waals surface area (Å²) in [6.07, 6.45) is 6.40. The second-order valence-corrected chi connectivity index (χ2v) is 5.94. The Kier molecular flexibility index (Phi) is 4.52. The van der Waals surface area contributed by atoms with Crippen LogP contribution in [0.1, 0.15) is 36.5 Å². The number of anilines is 1. The van der Waals surface area contributed by atoms with Gasteiger partial charge in [0.1, 0.15) is 16.8 Å². The smallest absolute Gasteiger partial charge is 0.254 e. The molecular weight excluding hydrogens is 262 g/mol. The van der Waals surface area contributed by atoms with Crippen LogP contribution in [0, 0.1) is 0 Å². The maximum atomic E-state index is 12.4. The number of likely N-dealkylation sites (tertiary alicyclic amines) is 1. The number of carbonyl (C=O) groups is 1. The van der Waals surface area contributed by atoms with E-state index in [2.05, 4.69) is 16.6 Å². The van der Waals surface area contributed by atoms with Gasteiger partial charge in [-0.1, -0.05) is 0 Å². The van der Waals surface area contributed by atoms with Crippen molar-refractivity contribution in [2.24, 2.45) is 0 Å². The molecule has 19 heavy (non-hydrogen) atoms. The number of rotatable bonds is 3. The van der Waals surface area contributed by atoms with E-state index in [-0.39, 0.29) is 11.9 Å². The van der Waals surface area contributed by atoms with Crippen LogP contribution < -0.4 is 4.72 Å². The Hall–Kier alpha value is -1.43. The lowest BCUT2D eigenvalue weighted by Crippen LogP contribution is -2.42. The molecule has 6 heteroatoms. The quantitative estimate of drug-likeness (QED) is 0.919. The van der Waals surface area contributed by atoms with Crippen LogP contribution in [0.4, 0.5) is 5.82 Å². The summed E-state index contributed by atoms with van der Waals surface area (Å²) >= 11 is 0. The average Bonchev–Trinajstić information content (AvgIpc) is 2.38. The summed E-state index contributed by atoms with van der Waals surface area (Å²) in [5.41, 5.74) is 0.594. The summed E-state index contributed by atoms with van der Waals surface area (Å²) in [4.78, 5) is 18.4. The van der Waals surface area contributed by atoms with Gasteiger partial charge in [-0.05, 0) is 38.3 Å². The van der Waals surface area contributed by atoms with Crippen LogP contribution in [0.3, 0.4) is 0 Å². The van der Waals surface area contributed by atoms with Gasteiger partial charge in [0.05, 0.1) is 0 Å². The molecular formula is C13H19N3O2S. The van der Waals surface area contributed by atoms with E-state index in [0.717, 1.165) is 19.4 Å². The van der Waals surface area contributed by atoms with Crippen LogP contribution in [0.15, 0.2) is 18.3 Å². The maximum Gasteiger partial charge on any atom is 0.254 e. The van der Waals surface area contributed by atoms with Crippen molar-refractivity contribution in [2.45, 2.75) is 32.2 Å². The Balaban J connectivity index is 2.16. The van der Waals surface area contributed by atoms with E-state index < -0.39 is 11.0 Å². The van der Waals surface area contributed by atoms with E-state index in [9.17, 15) is 9.00 Å². The number of aromatic nitrogens is 1. The summed E-state index contributed by atoms with van der Waals surface area (Å²) in [7, 11) is -1.19. The minimum absolute atomic E-state index is 0.0273. The molecule has 0 spiro atoms. The molecule has 2 heterocycles. The highest BCUT2D eigenvalue weighted by molar-refractivity contribution is 7.85. The fourth-order valence-corrected chi connectivity index (χ4v) is 2.74. The summed E-state index contributed by atoms with van der Waals surface area (Å²) in [5.74, 6) is 0.496. The van der Waals surface area contributed by atoms with Crippen LogP contribution >= 0.6 is 0 Å². The number of hydrogen-bond donors (Lipinski definition) is 1. The Morgan fingerprint density at radius 2 is 2.32 bits per heavy atom. The van der Waals surface area contributed by atoms with E-state index in [1.807, 2.05) is 4.90 Å². The van der Waals surface area contributed by atoms with Crippen molar-refractivity contribution >= 4 is 22.7 Å². The summed E-state index contributed by atoms with van der Waals surface area (Å²) < 4.78 is 13.8. The van der Waals surface area contributed by atoms with Crippen molar-refractivity contribution < 1.29 is 9.00 Å². The molecule has 1 N–H and O–H groups in total. The first-order valence-electron chi connectivity index (χ1n) is 6.45. The first-order chi connectivity index (χ1) is 9.08. The Bertz CT molecular complexity index is 493.